The van der Waals surface area contributed by atoms with Gasteiger partial charge in [0.1, 0.15) is 12.6 Å². The third-order valence-corrected chi connectivity index (χ3v) is 1.41. The molecule has 0 unspecified atom stereocenters. The summed E-state index contributed by atoms with van der Waals surface area (Å²) in [6.45, 7) is -0.415. The lowest BCUT2D eigenvalue weighted by molar-refractivity contribution is -0.115. The summed E-state index contributed by atoms with van der Waals surface area (Å²) in [4.78, 5) is -2.26. The van der Waals surface area contributed by atoms with Crippen LogP contribution in [0.3, 0.4) is 0 Å². The predicted molar refractivity (Wildman–Crippen MR) is 71.6 cm³/mol. The van der Waals surface area contributed by atoms with Crippen LogP contribution in [-0.2, 0) is 0 Å². The number of hydrogen-bond acceptors (Lipinski definition) is 0. The second-order valence-electron chi connectivity index (χ2n) is 2.22. The fourth-order valence-electron chi connectivity index (χ4n) is 0. The minimum atomic E-state index is -4.47. The second kappa shape index (κ2) is 17.5. The van der Waals surface area contributed by atoms with Crippen molar-refractivity contribution in [3.8, 4) is 0 Å². The maximum Gasteiger partial charge on any atom is 0.418 e. The van der Waals surface area contributed by atoms with Crippen LogP contribution in [0.2, 0.25) is 0 Å². The van der Waals surface area contributed by atoms with Gasteiger partial charge < -0.3 is 0 Å². The third kappa shape index (κ3) is 62.3. The van der Waals surface area contributed by atoms with Crippen molar-refractivity contribution in [1.29, 1.82) is 0 Å². The Kier molecular flexibility index (Phi) is 25.1. The van der Waals surface area contributed by atoms with E-state index in [1.165, 1.54) is 0 Å². The Labute approximate surface area is 145 Å². The van der Waals surface area contributed by atoms with Gasteiger partial charge in [-0.05, 0) is 0 Å². The smallest absolute Gasteiger partial charge is 0.250 e. The zero-order valence-electron chi connectivity index (χ0n) is 9.57. The van der Waals surface area contributed by atoms with E-state index in [9.17, 15) is 35.1 Å². The van der Waals surface area contributed by atoms with Gasteiger partial charge in [0.15, 0.2) is 0 Å². The van der Waals surface area contributed by atoms with Gasteiger partial charge in [0.05, 0.1) is 5.88 Å². The first-order chi connectivity index (χ1) is 9.15. The second-order valence-corrected chi connectivity index (χ2v) is 4.95. The molecule has 0 heterocycles. The van der Waals surface area contributed by atoms with Gasteiger partial charge in [0.2, 0.25) is 9.93 Å². The maximum absolute atomic E-state index is 10.9. The van der Waals surface area contributed by atoms with Crippen molar-refractivity contribution in [1.82, 2.24) is 0 Å². The van der Waals surface area contributed by atoms with Crippen molar-refractivity contribution in [3.63, 3.8) is 0 Å². The highest BCUT2D eigenvalue weighted by atomic mass is 35.5. The number of rotatable bonds is 1. The minimum absolute atomic E-state index is 0.125. The summed E-state index contributed by atoms with van der Waals surface area (Å²) in [6, 6.07) is 0. The van der Waals surface area contributed by atoms with Gasteiger partial charge in [0, 0.05) is 0 Å². The van der Waals surface area contributed by atoms with E-state index in [1.54, 1.807) is 0 Å². The van der Waals surface area contributed by atoms with Crippen LogP contribution in [-0.4, -0.2) is 40.7 Å². The van der Waals surface area contributed by atoms with Crippen LogP contribution in [0.1, 0.15) is 0 Å². The number of alkyl halides is 14. The highest BCUT2D eigenvalue weighted by Gasteiger charge is 2.36. The normalized spacial score (nSPS) is 10.9. The van der Waals surface area contributed by atoms with E-state index in [1.807, 2.05) is 0 Å². The Balaban J connectivity index is -0.0000000948. The van der Waals surface area contributed by atoms with Gasteiger partial charge in [-0.25, -0.2) is 8.78 Å². The molecule has 0 amide bonds. The van der Waals surface area contributed by atoms with Crippen LogP contribution in [0.25, 0.3) is 0 Å². The summed E-state index contributed by atoms with van der Waals surface area (Å²) in [5.74, 6) is -1.13. The lowest BCUT2D eigenvalue weighted by Crippen LogP contribution is -2.16. The lowest BCUT2D eigenvalue weighted by Gasteiger charge is -2.03. The van der Waals surface area contributed by atoms with Gasteiger partial charge in [0.25, 0.3) is 0 Å². The molecule has 0 aliphatic carbocycles. The molecule has 0 N–H and O–H groups in total. The van der Waals surface area contributed by atoms with Crippen LogP contribution in [0, 0.1) is 0 Å². The average molecular weight is 457 g/mol. The van der Waals surface area contributed by atoms with Crippen molar-refractivity contribution in [2.75, 3.05) is 18.4 Å². The van der Waals surface area contributed by atoms with Crippen LogP contribution in [0.4, 0.5) is 35.1 Å². The highest BCUT2D eigenvalue weighted by molar-refractivity contribution is 6.44. The standard InChI is InChI=1S/C2HCl2F3.C2H2ClF3.C2H4ClF.CHCl2F/c3-1(4)2(5,6)7;3-1-2(4,5)6;3-1-2-4;2-1(3)4/h1H;1H2;1-2H2;1H. The SMILES string of the molecule is FC(Cl)Cl.FC(F)(F)C(Cl)Cl.FC(F)(F)CCl.FCCCl. The molecule has 0 bridgehead atoms. The molecule has 0 nitrogen and oxygen atoms in total. The van der Waals surface area contributed by atoms with Crippen molar-refractivity contribution < 1.29 is 35.1 Å². The fraction of sp³-hybridized carbons (Fsp3) is 1.00. The molecule has 14 heteroatoms. The van der Waals surface area contributed by atoms with Crippen molar-refractivity contribution in [2.45, 2.75) is 22.3 Å². The molecule has 0 radical (unpaired) electrons. The molecular formula is C7H8Cl6F8. The zero-order valence-corrected chi connectivity index (χ0v) is 14.1. The van der Waals surface area contributed by atoms with E-state index in [4.69, 9.17) is 11.6 Å². The zero-order chi connectivity index (χ0) is 18.3. The average Bonchev–Trinajstić information content (AvgIpc) is 2.27. The third-order valence-electron chi connectivity index (χ3n) is 0.470. The monoisotopic (exact) mass is 454 g/mol. The van der Waals surface area contributed by atoms with Crippen LogP contribution < -0.4 is 0 Å². The van der Waals surface area contributed by atoms with Crippen LogP contribution in [0.15, 0.2) is 0 Å². The van der Waals surface area contributed by atoms with Gasteiger partial charge in [-0.15, -0.1) is 23.2 Å². The van der Waals surface area contributed by atoms with Crippen molar-refractivity contribution >= 4 is 69.6 Å². The molecule has 0 saturated heterocycles. The Morgan fingerprint density at radius 1 is 0.810 bits per heavy atom. The Morgan fingerprint density at radius 3 is 0.952 bits per heavy atom. The largest absolute Gasteiger partial charge is 0.418 e. The summed E-state index contributed by atoms with van der Waals surface area (Å²) in [5, 5.41) is -1.72. The maximum atomic E-state index is 10.9. The van der Waals surface area contributed by atoms with E-state index in [2.05, 4.69) is 58.0 Å². The van der Waals surface area contributed by atoms with E-state index in [0.717, 1.165) is 0 Å². The van der Waals surface area contributed by atoms with Gasteiger partial charge in [-0.2, -0.15) is 26.3 Å². The van der Waals surface area contributed by atoms with E-state index in [-0.39, 0.29) is 5.88 Å². The molecule has 0 aromatic carbocycles. The Hall–Kier alpha value is 1.18. The molecule has 0 rings (SSSR count). The van der Waals surface area contributed by atoms with Crippen LogP contribution in [0.5, 0.6) is 0 Å². The molecule has 0 fully saturated rings. The molecule has 0 aromatic heterocycles. The number of halogens is 14. The fourth-order valence-corrected chi connectivity index (χ4v) is 0. The summed E-state index contributed by atoms with van der Waals surface area (Å²) < 4.78 is 85.8. The Morgan fingerprint density at radius 2 is 0.952 bits per heavy atom. The summed E-state index contributed by atoms with van der Waals surface area (Å²) >= 11 is 26.7. The molecule has 0 aliphatic rings. The minimum Gasteiger partial charge on any atom is -0.250 e. The quantitative estimate of drug-likeness (QED) is 0.293. The molecule has 0 spiro atoms. The molecule has 134 valence electrons. The predicted octanol–water partition coefficient (Wildman–Crippen LogP) is 7.05. The summed E-state index contributed by atoms with van der Waals surface area (Å²) in [5.41, 5.74) is 0. The molecule has 0 aliphatic heterocycles. The Bertz CT molecular complexity index is 190. The summed E-state index contributed by atoms with van der Waals surface area (Å²) in [7, 11) is 0. The molecule has 0 saturated carbocycles. The molecular weight excluding hydrogens is 449 g/mol. The molecule has 0 atom stereocenters. The topological polar surface area (TPSA) is 0 Å². The first kappa shape index (κ1) is 30.1. The van der Waals surface area contributed by atoms with E-state index < -0.39 is 34.8 Å². The number of hydrogen-bond donors (Lipinski definition) is 0. The van der Waals surface area contributed by atoms with Gasteiger partial charge in [-0.3, -0.25) is 0 Å². The van der Waals surface area contributed by atoms with Crippen LogP contribution >= 0.6 is 69.6 Å². The van der Waals surface area contributed by atoms with Crippen molar-refractivity contribution in [2.24, 2.45) is 0 Å². The van der Waals surface area contributed by atoms with Crippen molar-refractivity contribution in [3.05, 3.63) is 0 Å². The molecule has 21 heavy (non-hydrogen) atoms. The lowest BCUT2D eigenvalue weighted by atomic mass is 10.8. The van der Waals surface area contributed by atoms with E-state index >= 15 is 0 Å². The van der Waals surface area contributed by atoms with E-state index in [0.29, 0.717) is 0 Å². The first-order valence-corrected chi connectivity index (χ1v) is 6.98. The van der Waals surface area contributed by atoms with Gasteiger partial charge >= 0.3 is 12.4 Å². The molecule has 0 aromatic rings. The highest BCUT2D eigenvalue weighted by Crippen LogP contribution is 2.27. The van der Waals surface area contributed by atoms with Gasteiger partial charge in [-0.1, -0.05) is 46.4 Å². The summed E-state index contributed by atoms with van der Waals surface area (Å²) in [6.07, 6.45) is -8.66. The first-order valence-electron chi connectivity index (χ1n) is 4.17.